The highest BCUT2D eigenvalue weighted by Crippen LogP contribution is 2.23. The van der Waals surface area contributed by atoms with Crippen LogP contribution in [0.1, 0.15) is 28.1 Å². The number of nitrogens with zero attached hydrogens (tertiary/aromatic N) is 4. The molecule has 0 fully saturated rings. The van der Waals surface area contributed by atoms with E-state index in [1.165, 1.54) is 0 Å². The lowest BCUT2D eigenvalue weighted by molar-refractivity contribution is -0.115. The van der Waals surface area contributed by atoms with Crippen LogP contribution in [0.25, 0.3) is 0 Å². The number of carbonyl (C=O) groups is 2. The van der Waals surface area contributed by atoms with Gasteiger partial charge < -0.3 is 10.1 Å². The maximum Gasteiger partial charge on any atom is 0.350 e. The van der Waals surface area contributed by atoms with Crippen molar-refractivity contribution in [2.75, 3.05) is 11.9 Å². The lowest BCUT2D eigenvalue weighted by atomic mass is 10.4. The van der Waals surface area contributed by atoms with E-state index >= 15 is 0 Å². The number of esters is 1. The molecular weight excluding hydrogens is 284 g/mol. The van der Waals surface area contributed by atoms with Gasteiger partial charge in [0.1, 0.15) is 4.88 Å². The summed E-state index contributed by atoms with van der Waals surface area (Å²) in [5.41, 5.74) is 0.517. The van der Waals surface area contributed by atoms with E-state index < -0.39 is 5.97 Å². The average Bonchev–Trinajstić information content (AvgIpc) is 2.99. The van der Waals surface area contributed by atoms with Gasteiger partial charge in [-0.05, 0) is 13.8 Å². The van der Waals surface area contributed by atoms with Crippen LogP contribution >= 0.6 is 11.3 Å². The van der Waals surface area contributed by atoms with Crippen molar-refractivity contribution in [1.82, 2.24) is 25.6 Å². The summed E-state index contributed by atoms with van der Waals surface area (Å²) in [5.74, 6) is -0.502. The minimum absolute atomic E-state index is 0.0239. The smallest absolute Gasteiger partial charge is 0.350 e. The number of nitrogens with one attached hydrogen (secondary N) is 2. The molecule has 0 saturated heterocycles. The lowest BCUT2D eigenvalue weighted by Crippen LogP contribution is -2.15. The Morgan fingerprint density at radius 2 is 2.25 bits per heavy atom. The number of carbonyl (C=O) groups excluding carboxylic acids is 2. The van der Waals surface area contributed by atoms with Gasteiger partial charge in [0.05, 0.1) is 18.7 Å². The van der Waals surface area contributed by atoms with Crippen LogP contribution in [-0.2, 0) is 16.0 Å². The van der Waals surface area contributed by atoms with Crippen LogP contribution in [0.15, 0.2) is 0 Å². The van der Waals surface area contributed by atoms with Crippen molar-refractivity contribution in [3.8, 4) is 0 Å². The molecule has 10 heteroatoms. The standard InChI is InChI=1S/C10H12N6O3S/c1-3-19-9(18)8-5(2)11-10(20-8)12-7(17)4-6-13-15-16-14-6/h3-4H2,1-2H3,(H,11,12,17)(H,13,14,15,16). The Bertz CT molecular complexity index is 609. The Balaban J connectivity index is 2.01. The molecule has 2 rings (SSSR count). The number of H-pyrrole nitrogens is 1. The summed E-state index contributed by atoms with van der Waals surface area (Å²) in [6.45, 7) is 3.69. The molecule has 2 aromatic rings. The van der Waals surface area contributed by atoms with Gasteiger partial charge >= 0.3 is 5.97 Å². The summed E-state index contributed by atoms with van der Waals surface area (Å²) >= 11 is 1.07. The molecule has 0 bridgehead atoms. The zero-order valence-corrected chi connectivity index (χ0v) is 11.7. The van der Waals surface area contributed by atoms with Crippen molar-refractivity contribution >= 4 is 28.3 Å². The SMILES string of the molecule is CCOC(=O)c1sc(NC(=O)Cc2nn[nH]n2)nc1C. The van der Waals surface area contributed by atoms with Crippen molar-refractivity contribution in [3.63, 3.8) is 0 Å². The molecule has 0 aromatic carbocycles. The normalized spacial score (nSPS) is 10.3. The van der Waals surface area contributed by atoms with E-state index in [9.17, 15) is 9.59 Å². The monoisotopic (exact) mass is 296 g/mol. The molecule has 2 aromatic heterocycles. The topological polar surface area (TPSA) is 123 Å². The van der Waals surface area contributed by atoms with Crippen LogP contribution in [0.2, 0.25) is 0 Å². The Labute approximate surface area is 117 Å². The largest absolute Gasteiger partial charge is 0.462 e. The molecule has 0 aliphatic carbocycles. The second-order valence-corrected chi connectivity index (χ2v) is 4.71. The number of aryl methyl sites for hydroxylation is 1. The first kappa shape index (κ1) is 14.1. The molecule has 106 valence electrons. The van der Waals surface area contributed by atoms with E-state index in [0.717, 1.165) is 11.3 Å². The fourth-order valence-corrected chi connectivity index (χ4v) is 2.28. The predicted octanol–water partition coefficient (Wildman–Crippen LogP) is 0.323. The molecule has 20 heavy (non-hydrogen) atoms. The Morgan fingerprint density at radius 3 is 2.90 bits per heavy atom. The number of rotatable bonds is 5. The first-order valence-electron chi connectivity index (χ1n) is 5.77. The number of thiazole rings is 1. The number of anilines is 1. The van der Waals surface area contributed by atoms with Gasteiger partial charge in [-0.1, -0.05) is 16.6 Å². The Morgan fingerprint density at radius 1 is 1.45 bits per heavy atom. The molecule has 0 aliphatic heterocycles. The van der Waals surface area contributed by atoms with Gasteiger partial charge in [-0.3, -0.25) is 4.79 Å². The van der Waals surface area contributed by atoms with Gasteiger partial charge in [0.2, 0.25) is 5.91 Å². The Kier molecular flexibility index (Phi) is 4.35. The minimum atomic E-state index is -0.443. The maximum absolute atomic E-state index is 11.7. The summed E-state index contributed by atoms with van der Waals surface area (Å²) in [6, 6.07) is 0. The van der Waals surface area contributed by atoms with E-state index in [0.29, 0.717) is 15.7 Å². The molecule has 0 aliphatic rings. The highest BCUT2D eigenvalue weighted by Gasteiger charge is 2.18. The van der Waals surface area contributed by atoms with Crippen molar-refractivity contribution in [3.05, 3.63) is 16.4 Å². The van der Waals surface area contributed by atoms with Crippen LogP contribution in [0.4, 0.5) is 5.13 Å². The van der Waals surface area contributed by atoms with E-state index in [-0.39, 0.29) is 24.8 Å². The molecule has 2 heterocycles. The molecule has 9 nitrogen and oxygen atoms in total. The number of amides is 1. The number of ether oxygens (including phenoxy) is 1. The molecule has 0 atom stereocenters. The molecule has 0 saturated carbocycles. The highest BCUT2D eigenvalue weighted by molar-refractivity contribution is 7.17. The molecular formula is C10H12N6O3S. The summed E-state index contributed by atoms with van der Waals surface area (Å²) in [7, 11) is 0. The third kappa shape index (κ3) is 3.35. The fourth-order valence-electron chi connectivity index (χ4n) is 1.40. The average molecular weight is 296 g/mol. The van der Waals surface area contributed by atoms with Crippen molar-refractivity contribution in [2.45, 2.75) is 20.3 Å². The fraction of sp³-hybridized carbons (Fsp3) is 0.400. The molecule has 2 N–H and O–H groups in total. The quantitative estimate of drug-likeness (QED) is 0.762. The van der Waals surface area contributed by atoms with Crippen LogP contribution < -0.4 is 5.32 Å². The van der Waals surface area contributed by atoms with E-state index in [1.54, 1.807) is 13.8 Å². The van der Waals surface area contributed by atoms with Crippen LogP contribution in [-0.4, -0.2) is 44.1 Å². The Hall–Kier alpha value is -2.36. The number of hydrogen-bond donors (Lipinski definition) is 2. The zero-order valence-electron chi connectivity index (χ0n) is 10.8. The zero-order chi connectivity index (χ0) is 14.5. The molecule has 0 unspecified atom stereocenters. The number of tetrazole rings is 1. The van der Waals surface area contributed by atoms with Crippen LogP contribution in [0.3, 0.4) is 0 Å². The van der Waals surface area contributed by atoms with Gasteiger partial charge in [-0.2, -0.15) is 5.21 Å². The second kappa shape index (κ2) is 6.19. The van der Waals surface area contributed by atoms with Crippen molar-refractivity contribution in [2.24, 2.45) is 0 Å². The van der Waals surface area contributed by atoms with Crippen molar-refractivity contribution < 1.29 is 14.3 Å². The first-order chi connectivity index (χ1) is 9.60. The van der Waals surface area contributed by atoms with E-state index in [1.807, 2.05) is 0 Å². The first-order valence-corrected chi connectivity index (χ1v) is 6.58. The highest BCUT2D eigenvalue weighted by atomic mass is 32.1. The van der Waals surface area contributed by atoms with Gasteiger partial charge in [0, 0.05) is 0 Å². The maximum atomic E-state index is 11.7. The summed E-state index contributed by atoms with van der Waals surface area (Å²) in [6.07, 6.45) is -0.0239. The van der Waals surface area contributed by atoms with Gasteiger partial charge in [0.15, 0.2) is 11.0 Å². The summed E-state index contributed by atoms with van der Waals surface area (Å²) in [4.78, 5) is 27.8. The number of aromatic amines is 1. The van der Waals surface area contributed by atoms with Crippen LogP contribution in [0, 0.1) is 6.92 Å². The minimum Gasteiger partial charge on any atom is -0.462 e. The third-order valence-electron chi connectivity index (χ3n) is 2.21. The molecule has 1 amide bonds. The number of aromatic nitrogens is 5. The van der Waals surface area contributed by atoms with Gasteiger partial charge in [0.25, 0.3) is 0 Å². The van der Waals surface area contributed by atoms with Crippen molar-refractivity contribution in [1.29, 1.82) is 0 Å². The number of hydrogen-bond acceptors (Lipinski definition) is 8. The molecule has 0 radical (unpaired) electrons. The van der Waals surface area contributed by atoms with E-state index in [2.05, 4.69) is 30.9 Å². The van der Waals surface area contributed by atoms with Gasteiger partial charge in [-0.15, -0.1) is 10.2 Å². The van der Waals surface area contributed by atoms with Crippen LogP contribution in [0.5, 0.6) is 0 Å². The van der Waals surface area contributed by atoms with Gasteiger partial charge in [-0.25, -0.2) is 9.78 Å². The molecule has 0 spiro atoms. The van der Waals surface area contributed by atoms with E-state index in [4.69, 9.17) is 4.74 Å². The summed E-state index contributed by atoms with van der Waals surface area (Å²) < 4.78 is 4.90. The second-order valence-electron chi connectivity index (χ2n) is 3.71. The predicted molar refractivity (Wildman–Crippen MR) is 69.3 cm³/mol. The third-order valence-corrected chi connectivity index (χ3v) is 3.26. The lowest BCUT2D eigenvalue weighted by Gasteiger charge is -1.98. The summed E-state index contributed by atoms with van der Waals surface area (Å²) in [5, 5.41) is 15.9.